The highest BCUT2D eigenvalue weighted by atomic mass is 16.5. The Kier molecular flexibility index (Phi) is 6.58. The van der Waals surface area contributed by atoms with Gasteiger partial charge in [0.1, 0.15) is 0 Å². The molecule has 1 aliphatic rings. The Morgan fingerprint density at radius 3 is 2.74 bits per heavy atom. The molecule has 3 N–H and O–H groups in total. The molecule has 0 bridgehead atoms. The first-order chi connectivity index (χ1) is 9.10. The molecule has 2 amide bonds. The summed E-state index contributed by atoms with van der Waals surface area (Å²) in [6.07, 6.45) is 3.05. The van der Waals surface area contributed by atoms with Crippen molar-refractivity contribution >= 4 is 12.0 Å². The smallest absolute Gasteiger partial charge is 0.332 e. The number of nitrogens with one attached hydrogen (secondary N) is 2. The van der Waals surface area contributed by atoms with E-state index in [1.807, 2.05) is 0 Å². The SMILES string of the molecule is COCCCCCNC(=O)NC1(C(=O)O)CCOC1. The molecule has 1 aliphatic heterocycles. The van der Waals surface area contributed by atoms with Crippen LogP contribution < -0.4 is 10.6 Å². The van der Waals surface area contributed by atoms with E-state index in [2.05, 4.69) is 10.6 Å². The average molecular weight is 274 g/mol. The van der Waals surface area contributed by atoms with Crippen LogP contribution in [0.25, 0.3) is 0 Å². The van der Waals surface area contributed by atoms with Crippen LogP contribution in [0.2, 0.25) is 0 Å². The molecule has 7 heteroatoms. The molecule has 1 atom stereocenters. The topological polar surface area (TPSA) is 96.9 Å². The Hall–Kier alpha value is -1.34. The lowest BCUT2D eigenvalue weighted by molar-refractivity contribution is -0.144. The van der Waals surface area contributed by atoms with Crippen molar-refractivity contribution in [2.45, 2.75) is 31.2 Å². The monoisotopic (exact) mass is 274 g/mol. The Morgan fingerprint density at radius 2 is 2.16 bits per heavy atom. The maximum atomic E-state index is 11.6. The number of hydrogen-bond donors (Lipinski definition) is 3. The van der Waals surface area contributed by atoms with Crippen LogP contribution in [0.15, 0.2) is 0 Å². The van der Waals surface area contributed by atoms with Gasteiger partial charge in [-0.3, -0.25) is 0 Å². The summed E-state index contributed by atoms with van der Waals surface area (Å²) < 4.78 is 9.97. The highest BCUT2D eigenvalue weighted by Gasteiger charge is 2.43. The Bertz CT molecular complexity index is 302. The number of carbonyl (C=O) groups excluding carboxylic acids is 1. The third-order valence-corrected chi connectivity index (χ3v) is 3.09. The summed E-state index contributed by atoms with van der Waals surface area (Å²) in [7, 11) is 1.65. The predicted octanol–water partition coefficient (Wildman–Crippen LogP) is 0.346. The first-order valence-corrected chi connectivity index (χ1v) is 6.47. The lowest BCUT2D eigenvalue weighted by atomic mass is 9.99. The number of ether oxygens (including phenoxy) is 2. The number of hydrogen-bond acceptors (Lipinski definition) is 4. The maximum Gasteiger partial charge on any atom is 0.332 e. The minimum atomic E-state index is -1.28. The van der Waals surface area contributed by atoms with Gasteiger partial charge in [-0.2, -0.15) is 0 Å². The van der Waals surface area contributed by atoms with Gasteiger partial charge in [0.05, 0.1) is 6.61 Å². The van der Waals surface area contributed by atoms with Gasteiger partial charge in [-0.15, -0.1) is 0 Å². The lowest BCUT2D eigenvalue weighted by Gasteiger charge is -2.23. The molecular formula is C12H22N2O5. The zero-order valence-electron chi connectivity index (χ0n) is 11.2. The van der Waals surface area contributed by atoms with Crippen LogP contribution in [-0.2, 0) is 14.3 Å². The fourth-order valence-corrected chi connectivity index (χ4v) is 1.90. The summed E-state index contributed by atoms with van der Waals surface area (Å²) in [6.45, 7) is 1.60. The number of methoxy groups -OCH3 is 1. The van der Waals surface area contributed by atoms with Gasteiger partial charge < -0.3 is 25.2 Å². The van der Waals surface area contributed by atoms with Gasteiger partial charge in [0.2, 0.25) is 0 Å². The molecule has 19 heavy (non-hydrogen) atoms. The van der Waals surface area contributed by atoms with Gasteiger partial charge in [-0.25, -0.2) is 9.59 Å². The first kappa shape index (κ1) is 15.7. The summed E-state index contributed by atoms with van der Waals surface area (Å²) in [5.41, 5.74) is -1.28. The maximum absolute atomic E-state index is 11.6. The minimum Gasteiger partial charge on any atom is -0.479 e. The van der Waals surface area contributed by atoms with Crippen molar-refractivity contribution in [1.29, 1.82) is 0 Å². The van der Waals surface area contributed by atoms with E-state index in [4.69, 9.17) is 14.6 Å². The van der Waals surface area contributed by atoms with E-state index in [0.29, 0.717) is 26.2 Å². The van der Waals surface area contributed by atoms with Crippen LogP contribution in [0.4, 0.5) is 4.79 Å². The number of aliphatic carboxylic acids is 1. The average Bonchev–Trinajstić information content (AvgIpc) is 2.83. The molecule has 1 rings (SSSR count). The molecule has 110 valence electrons. The second kappa shape index (κ2) is 7.96. The molecule has 0 aliphatic carbocycles. The fourth-order valence-electron chi connectivity index (χ4n) is 1.90. The Balaban J connectivity index is 2.21. The number of unbranched alkanes of at least 4 members (excludes halogenated alkanes) is 2. The van der Waals surface area contributed by atoms with Crippen LogP contribution in [0.5, 0.6) is 0 Å². The first-order valence-electron chi connectivity index (χ1n) is 6.47. The Labute approximate surface area is 112 Å². The number of rotatable bonds is 8. The van der Waals surface area contributed by atoms with Gasteiger partial charge in [0.15, 0.2) is 5.54 Å². The summed E-state index contributed by atoms with van der Waals surface area (Å²) in [5, 5.41) is 14.3. The van der Waals surface area contributed by atoms with Gasteiger partial charge in [0, 0.05) is 33.3 Å². The quantitative estimate of drug-likeness (QED) is 0.555. The van der Waals surface area contributed by atoms with E-state index in [1.54, 1.807) is 7.11 Å². The minimum absolute atomic E-state index is 0.0175. The van der Waals surface area contributed by atoms with Crippen LogP contribution in [0, 0.1) is 0 Å². The zero-order chi connectivity index (χ0) is 14.1. The van der Waals surface area contributed by atoms with Crippen molar-refractivity contribution in [2.75, 3.05) is 33.5 Å². The molecule has 0 aromatic carbocycles. The third kappa shape index (κ3) is 5.04. The second-order valence-corrected chi connectivity index (χ2v) is 4.62. The van der Waals surface area contributed by atoms with Crippen molar-refractivity contribution in [3.8, 4) is 0 Å². The van der Waals surface area contributed by atoms with Crippen molar-refractivity contribution in [2.24, 2.45) is 0 Å². The molecule has 1 fully saturated rings. The molecule has 0 aromatic rings. The van der Waals surface area contributed by atoms with Crippen LogP contribution >= 0.6 is 0 Å². The molecule has 0 spiro atoms. The van der Waals surface area contributed by atoms with E-state index in [1.165, 1.54) is 0 Å². The van der Waals surface area contributed by atoms with Crippen LogP contribution in [-0.4, -0.2) is 56.1 Å². The summed E-state index contributed by atoms with van der Waals surface area (Å²) in [5.74, 6) is -1.06. The molecule has 1 unspecified atom stereocenters. The van der Waals surface area contributed by atoms with Crippen molar-refractivity contribution < 1.29 is 24.2 Å². The molecule has 0 aromatic heterocycles. The normalized spacial score (nSPS) is 22.2. The lowest BCUT2D eigenvalue weighted by Crippen LogP contribution is -2.57. The summed E-state index contributed by atoms with van der Waals surface area (Å²) in [6, 6.07) is -0.459. The van der Waals surface area contributed by atoms with E-state index in [9.17, 15) is 9.59 Å². The molecule has 0 radical (unpaired) electrons. The van der Waals surface area contributed by atoms with Gasteiger partial charge in [-0.05, 0) is 19.3 Å². The molecule has 0 saturated carbocycles. The molecule has 1 saturated heterocycles. The van der Waals surface area contributed by atoms with E-state index in [0.717, 1.165) is 19.3 Å². The van der Waals surface area contributed by atoms with E-state index >= 15 is 0 Å². The second-order valence-electron chi connectivity index (χ2n) is 4.62. The number of amides is 2. The summed E-state index contributed by atoms with van der Waals surface area (Å²) in [4.78, 5) is 22.8. The number of urea groups is 1. The van der Waals surface area contributed by atoms with Crippen molar-refractivity contribution in [3.05, 3.63) is 0 Å². The molecule has 1 heterocycles. The largest absolute Gasteiger partial charge is 0.479 e. The molecular weight excluding hydrogens is 252 g/mol. The number of carboxylic acid groups (broad SMARTS) is 1. The standard InChI is InChI=1S/C12H22N2O5/c1-18-7-4-2-3-6-13-11(17)14-12(10(15)16)5-8-19-9-12/h2-9H2,1H3,(H,15,16)(H2,13,14,17). The van der Waals surface area contributed by atoms with Crippen molar-refractivity contribution in [3.63, 3.8) is 0 Å². The fraction of sp³-hybridized carbons (Fsp3) is 0.833. The van der Waals surface area contributed by atoms with E-state index < -0.39 is 17.5 Å². The number of carboxylic acids is 1. The van der Waals surface area contributed by atoms with E-state index in [-0.39, 0.29) is 6.61 Å². The number of carbonyl (C=O) groups is 2. The highest BCUT2D eigenvalue weighted by molar-refractivity contribution is 5.86. The van der Waals surface area contributed by atoms with Crippen molar-refractivity contribution in [1.82, 2.24) is 10.6 Å². The van der Waals surface area contributed by atoms with Crippen LogP contribution in [0.1, 0.15) is 25.7 Å². The zero-order valence-corrected chi connectivity index (χ0v) is 11.2. The van der Waals surface area contributed by atoms with Gasteiger partial charge in [-0.1, -0.05) is 0 Å². The highest BCUT2D eigenvalue weighted by Crippen LogP contribution is 2.18. The Morgan fingerprint density at radius 1 is 1.37 bits per heavy atom. The summed E-state index contributed by atoms with van der Waals surface area (Å²) >= 11 is 0. The third-order valence-electron chi connectivity index (χ3n) is 3.09. The predicted molar refractivity (Wildman–Crippen MR) is 68.1 cm³/mol. The van der Waals surface area contributed by atoms with Gasteiger partial charge >= 0.3 is 12.0 Å². The van der Waals surface area contributed by atoms with Gasteiger partial charge in [0.25, 0.3) is 0 Å². The van der Waals surface area contributed by atoms with Crippen LogP contribution in [0.3, 0.4) is 0 Å². The molecule has 7 nitrogen and oxygen atoms in total.